The van der Waals surface area contributed by atoms with E-state index in [0.717, 1.165) is 77.5 Å². The van der Waals surface area contributed by atoms with Gasteiger partial charge < -0.3 is 18.0 Å². The first-order valence-corrected chi connectivity index (χ1v) is 36.7. The van der Waals surface area contributed by atoms with Crippen molar-refractivity contribution in [1.29, 1.82) is 0 Å². The molecular weight excluding hydrogens is 1230 g/mol. The summed E-state index contributed by atoms with van der Waals surface area (Å²) in [5, 5.41) is 20.6. The minimum absolute atomic E-state index is 0.881. The van der Waals surface area contributed by atoms with E-state index in [9.17, 15) is 0 Å². The van der Waals surface area contributed by atoms with Crippen LogP contribution < -0.4 is 20.7 Å². The lowest BCUT2D eigenvalue weighted by atomic mass is 9.97. The van der Waals surface area contributed by atoms with Crippen molar-refractivity contribution in [2.24, 2.45) is 0 Å². The number of benzene rings is 15. The Morgan fingerprint density at radius 2 is 0.546 bits per heavy atom. The molecule has 0 radical (unpaired) electrons. The van der Waals surface area contributed by atoms with Crippen LogP contribution in [0.1, 0.15) is 0 Å². The third-order valence-electron chi connectivity index (χ3n) is 20.1. The molecular formula is C90H56N2O2S2Si. The molecule has 0 aliphatic rings. The fraction of sp³-hybridized carbons (Fsp3) is 0. The monoisotopic (exact) mass is 1290 g/mol. The van der Waals surface area contributed by atoms with Crippen molar-refractivity contribution in [2.75, 3.05) is 0 Å². The number of rotatable bonds is 8. The SMILES string of the molecule is c1cc(-c2ccc3oc4ccc(-n5c6ccccc6c6ccccc65)cc4c3c2)cc(-c2ccc3oc4ccc(-n5c6ccccc6c6ccccc65)cc4c3c2)c1.c1ccc([Si](c2ccccc2)(c2cccc3c2sc2ccccc23)c2cccc3c2sc2ccccc23)cc1. The van der Waals surface area contributed by atoms with Crippen LogP contribution >= 0.6 is 22.7 Å². The molecule has 0 spiro atoms. The van der Waals surface area contributed by atoms with Gasteiger partial charge in [0.25, 0.3) is 0 Å². The Bertz CT molecular complexity index is 6210. The Kier molecular flexibility index (Phi) is 12.7. The van der Waals surface area contributed by atoms with Gasteiger partial charge in [-0.1, -0.05) is 237 Å². The van der Waals surface area contributed by atoms with Crippen molar-refractivity contribution < 1.29 is 8.83 Å². The normalized spacial score (nSPS) is 12.1. The van der Waals surface area contributed by atoms with Crippen molar-refractivity contribution in [1.82, 2.24) is 9.13 Å². The number of aromatic nitrogens is 2. The zero-order chi connectivity index (χ0) is 63.7. The Balaban J connectivity index is 0.000000143. The average molecular weight is 1290 g/mol. The molecule has 21 aromatic rings. The number of fused-ring (bicyclic) bond motifs is 18. The van der Waals surface area contributed by atoms with Gasteiger partial charge >= 0.3 is 0 Å². The van der Waals surface area contributed by atoms with Gasteiger partial charge in [0.05, 0.1) is 22.1 Å². The number of para-hydroxylation sites is 4. The molecule has 0 saturated carbocycles. The van der Waals surface area contributed by atoms with Gasteiger partial charge in [0.1, 0.15) is 22.3 Å². The van der Waals surface area contributed by atoms with E-state index >= 15 is 0 Å². The van der Waals surface area contributed by atoms with Crippen LogP contribution in [0.2, 0.25) is 0 Å². The molecule has 454 valence electrons. The third-order valence-corrected chi connectivity index (χ3v) is 27.8. The summed E-state index contributed by atoms with van der Waals surface area (Å²) < 4.78 is 23.1. The quantitative estimate of drug-likeness (QED) is 0.112. The van der Waals surface area contributed by atoms with Crippen LogP contribution in [0.15, 0.2) is 349 Å². The molecule has 0 fully saturated rings. The molecule has 0 amide bonds. The molecule has 21 rings (SSSR count). The predicted octanol–water partition coefficient (Wildman–Crippen LogP) is 22.8. The highest BCUT2D eigenvalue weighted by molar-refractivity contribution is 7.33. The van der Waals surface area contributed by atoms with Crippen LogP contribution in [0.5, 0.6) is 0 Å². The summed E-state index contributed by atoms with van der Waals surface area (Å²) in [6.45, 7) is 0. The largest absolute Gasteiger partial charge is 0.456 e. The highest BCUT2D eigenvalue weighted by Crippen LogP contribution is 2.42. The van der Waals surface area contributed by atoms with Crippen LogP contribution in [-0.2, 0) is 0 Å². The lowest BCUT2D eigenvalue weighted by molar-refractivity contribution is 0.668. The van der Waals surface area contributed by atoms with Crippen LogP contribution in [0.25, 0.3) is 161 Å². The van der Waals surface area contributed by atoms with Gasteiger partial charge in [-0.25, -0.2) is 0 Å². The predicted molar refractivity (Wildman–Crippen MR) is 416 cm³/mol. The van der Waals surface area contributed by atoms with Gasteiger partial charge in [-0.15, -0.1) is 22.7 Å². The Morgan fingerprint density at radius 1 is 0.227 bits per heavy atom. The van der Waals surface area contributed by atoms with E-state index in [1.807, 2.05) is 22.7 Å². The number of nitrogens with zero attached hydrogens (tertiary/aromatic N) is 2. The van der Waals surface area contributed by atoms with E-state index in [4.69, 9.17) is 8.83 Å². The zero-order valence-corrected chi connectivity index (χ0v) is 55.0. The summed E-state index contributed by atoms with van der Waals surface area (Å²) in [6.07, 6.45) is 0. The van der Waals surface area contributed by atoms with E-state index in [2.05, 4.69) is 349 Å². The zero-order valence-electron chi connectivity index (χ0n) is 52.4. The Morgan fingerprint density at radius 3 is 0.959 bits per heavy atom. The van der Waals surface area contributed by atoms with Crippen LogP contribution in [0.4, 0.5) is 0 Å². The molecule has 6 aromatic heterocycles. The molecule has 0 N–H and O–H groups in total. The maximum absolute atomic E-state index is 6.41. The van der Waals surface area contributed by atoms with Gasteiger partial charge in [0.15, 0.2) is 8.07 Å². The van der Waals surface area contributed by atoms with Crippen molar-refractivity contribution >= 4 is 179 Å². The summed E-state index contributed by atoms with van der Waals surface area (Å²) in [5.41, 5.74) is 15.1. The highest BCUT2D eigenvalue weighted by atomic mass is 32.1. The van der Waals surface area contributed by atoms with E-state index in [1.165, 1.54) is 105 Å². The first-order chi connectivity index (χ1) is 48.1. The van der Waals surface area contributed by atoms with Gasteiger partial charge in [-0.3, -0.25) is 0 Å². The molecule has 15 aromatic carbocycles. The van der Waals surface area contributed by atoms with E-state index in [1.54, 1.807) is 0 Å². The minimum Gasteiger partial charge on any atom is -0.456 e. The maximum Gasteiger partial charge on any atom is 0.182 e. The molecule has 97 heavy (non-hydrogen) atoms. The molecule has 0 unspecified atom stereocenters. The number of thiophene rings is 2. The van der Waals surface area contributed by atoms with Crippen molar-refractivity contribution in [2.45, 2.75) is 0 Å². The fourth-order valence-corrected chi connectivity index (χ4v) is 24.2. The number of hydrogen-bond donors (Lipinski definition) is 0. The maximum atomic E-state index is 6.41. The minimum atomic E-state index is -2.73. The molecule has 0 atom stereocenters. The van der Waals surface area contributed by atoms with Crippen LogP contribution in [0.3, 0.4) is 0 Å². The molecule has 0 saturated heterocycles. The van der Waals surface area contributed by atoms with Gasteiger partial charge in [-0.05, 0) is 146 Å². The summed E-state index contributed by atoms with van der Waals surface area (Å²) in [4.78, 5) is 0. The smallest absolute Gasteiger partial charge is 0.182 e. The van der Waals surface area contributed by atoms with Crippen molar-refractivity contribution in [3.63, 3.8) is 0 Å². The molecule has 6 heterocycles. The standard InChI is InChI=1S/C54H32N2O2.C36H24S2Si/c1-5-16-47-39(12-1)40-13-2-6-17-48(40)55(47)37-22-26-53-45(31-37)43-29-35(20-24-51(43)57-53)33-10-9-11-34(28-33)36-21-25-52-44(30-36)46-32-38(23-27-54(46)58-52)56-49-18-7-3-14-41(49)42-15-4-8-19-50(42)56;1-3-13-25(14-4-1)39(26-15-5-2-6-16-26,33-23-11-19-29-27-17-7-9-21-31(27)37-35(29)33)34-24-12-20-30-28-18-8-10-22-32(28)38-36(30)34/h1-32H;1-24H. The summed E-state index contributed by atoms with van der Waals surface area (Å²) in [6, 6.07) is 124. The first kappa shape index (κ1) is 55.6. The molecule has 0 aliphatic carbocycles. The van der Waals surface area contributed by atoms with Crippen LogP contribution in [-0.4, -0.2) is 17.2 Å². The first-order valence-electron chi connectivity index (χ1n) is 33.0. The van der Waals surface area contributed by atoms with E-state index in [-0.39, 0.29) is 0 Å². The molecule has 0 aliphatic heterocycles. The summed E-state index contributed by atoms with van der Waals surface area (Å²) in [5.74, 6) is 0. The van der Waals surface area contributed by atoms with Crippen LogP contribution in [0, 0.1) is 0 Å². The molecule has 7 heteroatoms. The van der Waals surface area contributed by atoms with Crippen molar-refractivity contribution in [3.8, 4) is 33.6 Å². The topological polar surface area (TPSA) is 36.1 Å². The second-order valence-electron chi connectivity index (χ2n) is 25.4. The average Bonchev–Trinajstić information content (AvgIpc) is 1.69. The number of hydrogen-bond acceptors (Lipinski definition) is 4. The molecule has 4 nitrogen and oxygen atoms in total. The van der Waals surface area contributed by atoms with Gasteiger partial charge in [0.2, 0.25) is 0 Å². The third kappa shape index (κ3) is 8.66. The summed E-state index contributed by atoms with van der Waals surface area (Å²) >= 11 is 3.90. The lowest BCUT2D eigenvalue weighted by Gasteiger charge is -2.35. The van der Waals surface area contributed by atoms with Gasteiger partial charge in [-0.2, -0.15) is 0 Å². The lowest BCUT2D eigenvalue weighted by Crippen LogP contribution is -2.74. The van der Waals surface area contributed by atoms with E-state index in [0.29, 0.717) is 0 Å². The second-order valence-corrected chi connectivity index (χ2v) is 31.2. The van der Waals surface area contributed by atoms with Gasteiger partial charge in [0, 0.05) is 94.8 Å². The van der Waals surface area contributed by atoms with E-state index < -0.39 is 8.07 Å². The Labute approximate surface area is 566 Å². The second kappa shape index (κ2) is 22.1. The summed E-state index contributed by atoms with van der Waals surface area (Å²) in [7, 11) is -2.73. The number of furan rings is 2. The molecule has 0 bridgehead atoms. The highest BCUT2D eigenvalue weighted by Gasteiger charge is 2.44. The fourth-order valence-electron chi connectivity index (χ4n) is 15.8. The van der Waals surface area contributed by atoms with Crippen molar-refractivity contribution in [3.05, 3.63) is 340 Å². The Hall–Kier alpha value is -11.8.